The molecule has 0 aliphatic heterocycles. The van der Waals surface area contributed by atoms with Crippen LogP contribution in [0.3, 0.4) is 0 Å². The van der Waals surface area contributed by atoms with Gasteiger partial charge in [-0.1, -0.05) is 17.7 Å². The zero-order chi connectivity index (χ0) is 16.1. The standard InChI is InChI=1S/C15H14ClN3O3/c1-9(20)18-12-8-13(22-2)10(7-11(12)16)15(21)19-14-5-3-4-6-17-14/h3-8H,1-2H3,(H,18,20)(H,17,19,21). The van der Waals surface area contributed by atoms with Crippen molar-refractivity contribution in [2.75, 3.05) is 17.7 Å². The first-order valence-corrected chi connectivity index (χ1v) is 6.76. The van der Waals surface area contributed by atoms with Gasteiger partial charge in [0.15, 0.2) is 0 Å². The van der Waals surface area contributed by atoms with Crippen molar-refractivity contribution >= 4 is 34.9 Å². The van der Waals surface area contributed by atoms with Crippen molar-refractivity contribution in [3.8, 4) is 5.75 Å². The molecule has 1 aromatic carbocycles. The minimum absolute atomic E-state index is 0.238. The van der Waals surface area contributed by atoms with Gasteiger partial charge in [-0.15, -0.1) is 0 Å². The third-order valence-corrected chi connectivity index (χ3v) is 3.06. The zero-order valence-electron chi connectivity index (χ0n) is 12.0. The number of hydrogen-bond donors (Lipinski definition) is 2. The lowest BCUT2D eigenvalue weighted by Gasteiger charge is -2.12. The molecule has 0 saturated carbocycles. The van der Waals surface area contributed by atoms with Crippen LogP contribution in [0.2, 0.25) is 5.02 Å². The van der Waals surface area contributed by atoms with Crippen molar-refractivity contribution in [1.82, 2.24) is 4.98 Å². The van der Waals surface area contributed by atoms with Gasteiger partial charge in [-0.3, -0.25) is 9.59 Å². The Balaban J connectivity index is 2.32. The van der Waals surface area contributed by atoms with E-state index in [0.717, 1.165) is 0 Å². The third-order valence-electron chi connectivity index (χ3n) is 2.75. The number of halogens is 1. The molecular formula is C15H14ClN3O3. The van der Waals surface area contributed by atoms with Crippen LogP contribution in [0.5, 0.6) is 5.75 Å². The van der Waals surface area contributed by atoms with Crippen LogP contribution in [0.15, 0.2) is 36.5 Å². The molecule has 0 aliphatic carbocycles. The van der Waals surface area contributed by atoms with Crippen LogP contribution >= 0.6 is 11.6 Å². The first-order chi connectivity index (χ1) is 10.5. The molecule has 0 bridgehead atoms. The highest BCUT2D eigenvalue weighted by atomic mass is 35.5. The van der Waals surface area contributed by atoms with E-state index in [-0.39, 0.29) is 16.5 Å². The summed E-state index contributed by atoms with van der Waals surface area (Å²) in [6.07, 6.45) is 1.57. The second kappa shape index (κ2) is 6.91. The van der Waals surface area contributed by atoms with E-state index in [1.165, 1.54) is 26.2 Å². The Morgan fingerprint density at radius 2 is 2.00 bits per heavy atom. The van der Waals surface area contributed by atoms with Crippen LogP contribution in [0, 0.1) is 0 Å². The number of methoxy groups -OCH3 is 1. The predicted octanol–water partition coefficient (Wildman–Crippen LogP) is 2.95. The number of ether oxygens (including phenoxy) is 1. The van der Waals surface area contributed by atoms with Crippen molar-refractivity contribution in [2.24, 2.45) is 0 Å². The summed E-state index contributed by atoms with van der Waals surface area (Å²) in [7, 11) is 1.43. The Labute approximate surface area is 132 Å². The monoisotopic (exact) mass is 319 g/mol. The molecule has 7 heteroatoms. The average Bonchev–Trinajstić information content (AvgIpc) is 2.49. The summed E-state index contributed by atoms with van der Waals surface area (Å²) in [5.74, 6) is 0.0275. The fourth-order valence-corrected chi connectivity index (χ4v) is 2.02. The number of anilines is 2. The third kappa shape index (κ3) is 3.73. The summed E-state index contributed by atoms with van der Waals surface area (Å²) >= 11 is 6.08. The topological polar surface area (TPSA) is 80.3 Å². The normalized spacial score (nSPS) is 9.95. The largest absolute Gasteiger partial charge is 0.496 e. The van der Waals surface area contributed by atoms with Gasteiger partial charge in [0, 0.05) is 19.2 Å². The Hall–Kier alpha value is -2.60. The number of pyridine rings is 1. The molecule has 114 valence electrons. The van der Waals surface area contributed by atoms with Gasteiger partial charge in [0.05, 0.1) is 23.4 Å². The van der Waals surface area contributed by atoms with Gasteiger partial charge in [-0.2, -0.15) is 0 Å². The Kier molecular flexibility index (Phi) is 4.95. The molecular weight excluding hydrogens is 306 g/mol. The van der Waals surface area contributed by atoms with Crippen molar-refractivity contribution in [1.29, 1.82) is 0 Å². The zero-order valence-corrected chi connectivity index (χ0v) is 12.8. The van der Waals surface area contributed by atoms with E-state index in [9.17, 15) is 9.59 Å². The minimum Gasteiger partial charge on any atom is -0.496 e. The van der Waals surface area contributed by atoms with E-state index in [1.807, 2.05) is 0 Å². The lowest BCUT2D eigenvalue weighted by atomic mass is 10.1. The lowest BCUT2D eigenvalue weighted by molar-refractivity contribution is -0.114. The quantitative estimate of drug-likeness (QED) is 0.908. The van der Waals surface area contributed by atoms with Crippen LogP contribution in [0.25, 0.3) is 0 Å². The van der Waals surface area contributed by atoms with E-state index in [2.05, 4.69) is 15.6 Å². The van der Waals surface area contributed by atoms with E-state index >= 15 is 0 Å². The van der Waals surface area contributed by atoms with Crippen LogP contribution in [0.1, 0.15) is 17.3 Å². The predicted molar refractivity (Wildman–Crippen MR) is 84.5 cm³/mol. The lowest BCUT2D eigenvalue weighted by Crippen LogP contribution is -2.15. The molecule has 2 N–H and O–H groups in total. The highest BCUT2D eigenvalue weighted by Crippen LogP contribution is 2.31. The van der Waals surface area contributed by atoms with Crippen molar-refractivity contribution in [3.05, 3.63) is 47.1 Å². The van der Waals surface area contributed by atoms with Crippen molar-refractivity contribution < 1.29 is 14.3 Å². The SMILES string of the molecule is COc1cc(NC(C)=O)c(Cl)cc1C(=O)Nc1ccccn1. The number of amides is 2. The van der Waals surface area contributed by atoms with Gasteiger partial charge in [0.1, 0.15) is 11.6 Å². The Bertz CT molecular complexity index is 705. The average molecular weight is 320 g/mol. The molecule has 6 nitrogen and oxygen atoms in total. The first-order valence-electron chi connectivity index (χ1n) is 6.38. The molecule has 1 aromatic heterocycles. The van der Waals surface area contributed by atoms with Crippen molar-refractivity contribution in [2.45, 2.75) is 6.92 Å². The number of aromatic nitrogens is 1. The number of nitrogens with zero attached hydrogens (tertiary/aromatic N) is 1. The summed E-state index contributed by atoms with van der Waals surface area (Å²) in [5, 5.41) is 5.45. The van der Waals surface area contributed by atoms with Crippen molar-refractivity contribution in [3.63, 3.8) is 0 Å². The van der Waals surface area contributed by atoms with E-state index in [0.29, 0.717) is 17.3 Å². The molecule has 2 amide bonds. The van der Waals surface area contributed by atoms with Crippen LogP contribution < -0.4 is 15.4 Å². The highest BCUT2D eigenvalue weighted by Gasteiger charge is 2.17. The molecule has 0 unspecified atom stereocenters. The fraction of sp³-hybridized carbons (Fsp3) is 0.133. The molecule has 0 aliphatic rings. The number of carbonyl (C=O) groups is 2. The number of rotatable bonds is 4. The maximum absolute atomic E-state index is 12.3. The highest BCUT2D eigenvalue weighted by molar-refractivity contribution is 6.34. The van der Waals surface area contributed by atoms with E-state index < -0.39 is 5.91 Å². The van der Waals surface area contributed by atoms with E-state index in [1.54, 1.807) is 24.4 Å². The number of nitrogens with one attached hydrogen (secondary N) is 2. The second-order valence-electron chi connectivity index (χ2n) is 4.38. The summed E-state index contributed by atoms with van der Waals surface area (Å²) in [4.78, 5) is 27.4. The Morgan fingerprint density at radius 3 is 2.59 bits per heavy atom. The maximum Gasteiger partial charge on any atom is 0.260 e. The number of carbonyl (C=O) groups excluding carboxylic acids is 2. The summed E-state index contributed by atoms with van der Waals surface area (Å²) < 4.78 is 5.19. The van der Waals surface area contributed by atoms with Gasteiger partial charge in [-0.05, 0) is 18.2 Å². The summed E-state index contributed by atoms with van der Waals surface area (Å²) in [6, 6.07) is 8.10. The first kappa shape index (κ1) is 15.8. The molecule has 0 spiro atoms. The van der Waals surface area contributed by atoms with Gasteiger partial charge in [0.25, 0.3) is 5.91 Å². The van der Waals surface area contributed by atoms with Gasteiger partial charge in [0.2, 0.25) is 5.91 Å². The minimum atomic E-state index is -0.410. The molecule has 2 rings (SSSR count). The summed E-state index contributed by atoms with van der Waals surface area (Å²) in [6.45, 7) is 1.37. The molecule has 2 aromatic rings. The number of hydrogen-bond acceptors (Lipinski definition) is 4. The van der Waals surface area contributed by atoms with Gasteiger partial charge in [-0.25, -0.2) is 4.98 Å². The van der Waals surface area contributed by atoms with E-state index in [4.69, 9.17) is 16.3 Å². The Morgan fingerprint density at radius 1 is 1.23 bits per heavy atom. The summed E-state index contributed by atoms with van der Waals surface area (Å²) in [5.41, 5.74) is 0.618. The molecule has 1 heterocycles. The smallest absolute Gasteiger partial charge is 0.260 e. The number of benzene rings is 1. The molecule has 0 atom stereocenters. The van der Waals surface area contributed by atoms with Crippen LogP contribution in [-0.2, 0) is 4.79 Å². The second-order valence-corrected chi connectivity index (χ2v) is 4.79. The fourth-order valence-electron chi connectivity index (χ4n) is 1.81. The molecule has 0 radical (unpaired) electrons. The van der Waals surface area contributed by atoms with Crippen LogP contribution in [-0.4, -0.2) is 23.9 Å². The van der Waals surface area contributed by atoms with Gasteiger partial charge < -0.3 is 15.4 Å². The maximum atomic E-state index is 12.3. The van der Waals surface area contributed by atoms with Crippen LogP contribution in [0.4, 0.5) is 11.5 Å². The molecule has 0 saturated heterocycles. The molecule has 22 heavy (non-hydrogen) atoms. The molecule has 0 fully saturated rings. The van der Waals surface area contributed by atoms with Gasteiger partial charge >= 0.3 is 0 Å².